The fourth-order valence-corrected chi connectivity index (χ4v) is 4.68. The molecule has 0 aliphatic carbocycles. The van der Waals surface area contributed by atoms with E-state index in [1.807, 2.05) is 49.2 Å². The van der Waals surface area contributed by atoms with Crippen LogP contribution in [-0.2, 0) is 35.1 Å². The Morgan fingerprint density at radius 2 is 1.66 bits per heavy atom. The molecule has 1 aliphatic rings. The maximum atomic E-state index is 13.7. The van der Waals surface area contributed by atoms with Crippen LogP contribution in [0.2, 0.25) is 0 Å². The van der Waals surface area contributed by atoms with E-state index in [0.29, 0.717) is 25.4 Å². The number of allylic oxidation sites excluding steroid dienone is 1. The Morgan fingerprint density at radius 1 is 0.955 bits per heavy atom. The molecule has 0 fully saturated rings. The molecule has 0 radical (unpaired) electrons. The van der Waals surface area contributed by atoms with Gasteiger partial charge in [-0.3, -0.25) is 15.0 Å². The zero-order valence-corrected chi connectivity index (χ0v) is 25.1. The highest BCUT2D eigenvalue weighted by molar-refractivity contribution is 6.00. The number of hydrogen-bond acceptors (Lipinski definition) is 11. The standard InChI is InChI=1S/C31H38N4O9/c1-4-14-41-16-17-43-30(37)28-25(20-44-31(32)38)33-21(2)26(27(28)23-11-8-12-24(18-23)35(39)40)29(36)42-15-13-34(3)19-22-9-6-5-7-10-22/h5-12,18,27,33H,4,13-17,19-20H2,1-3H3,(H2,32,38). The molecule has 1 heterocycles. The number of nitrogens with one attached hydrogen (secondary N) is 1. The van der Waals surface area contributed by atoms with Crippen LogP contribution in [0.15, 0.2) is 77.1 Å². The van der Waals surface area contributed by atoms with Crippen LogP contribution in [0, 0.1) is 10.1 Å². The Labute approximate surface area is 255 Å². The van der Waals surface area contributed by atoms with Gasteiger partial charge in [0.2, 0.25) is 0 Å². The maximum Gasteiger partial charge on any atom is 0.404 e. The van der Waals surface area contributed by atoms with Crippen molar-refractivity contribution in [3.05, 3.63) is 98.4 Å². The third-order valence-corrected chi connectivity index (χ3v) is 6.67. The Morgan fingerprint density at radius 3 is 2.34 bits per heavy atom. The number of esters is 2. The summed E-state index contributed by atoms with van der Waals surface area (Å²) < 4.78 is 21.5. The Balaban J connectivity index is 1.94. The summed E-state index contributed by atoms with van der Waals surface area (Å²) in [5, 5.41) is 14.6. The van der Waals surface area contributed by atoms with Gasteiger partial charge in [0.1, 0.15) is 19.8 Å². The predicted octanol–water partition coefficient (Wildman–Crippen LogP) is 3.55. The van der Waals surface area contributed by atoms with Crippen LogP contribution in [0.1, 0.15) is 37.3 Å². The molecule has 2 aromatic rings. The fraction of sp³-hybridized carbons (Fsp3) is 0.387. The summed E-state index contributed by atoms with van der Waals surface area (Å²) in [6.45, 7) is 4.71. The van der Waals surface area contributed by atoms with Crippen molar-refractivity contribution in [1.29, 1.82) is 0 Å². The summed E-state index contributed by atoms with van der Waals surface area (Å²) >= 11 is 0. The number of rotatable bonds is 16. The van der Waals surface area contributed by atoms with Gasteiger partial charge in [0.05, 0.1) is 34.3 Å². The highest BCUT2D eigenvalue weighted by atomic mass is 16.6. The van der Waals surface area contributed by atoms with Gasteiger partial charge >= 0.3 is 18.0 Å². The van der Waals surface area contributed by atoms with Crippen molar-refractivity contribution in [2.75, 3.05) is 46.6 Å². The van der Waals surface area contributed by atoms with E-state index in [1.165, 1.54) is 18.2 Å². The van der Waals surface area contributed by atoms with E-state index in [1.54, 1.807) is 13.0 Å². The van der Waals surface area contributed by atoms with Crippen molar-refractivity contribution in [3.8, 4) is 0 Å². The van der Waals surface area contributed by atoms with Crippen LogP contribution >= 0.6 is 0 Å². The second kappa shape index (κ2) is 16.8. The van der Waals surface area contributed by atoms with Gasteiger partial charge in [0.15, 0.2) is 0 Å². The van der Waals surface area contributed by atoms with Gasteiger partial charge < -0.3 is 30.0 Å². The zero-order valence-electron chi connectivity index (χ0n) is 25.1. The van der Waals surface area contributed by atoms with Gasteiger partial charge in [0.25, 0.3) is 5.69 Å². The Kier molecular flexibility index (Phi) is 12.9. The molecule has 13 nitrogen and oxygen atoms in total. The van der Waals surface area contributed by atoms with Crippen LogP contribution < -0.4 is 11.1 Å². The highest BCUT2D eigenvalue weighted by Crippen LogP contribution is 2.40. The van der Waals surface area contributed by atoms with E-state index < -0.39 is 35.5 Å². The van der Waals surface area contributed by atoms with Gasteiger partial charge in [-0.2, -0.15) is 0 Å². The molecule has 1 aliphatic heterocycles. The molecule has 0 spiro atoms. The van der Waals surface area contributed by atoms with E-state index in [9.17, 15) is 24.5 Å². The third kappa shape index (κ3) is 9.64. The SMILES string of the molecule is CCCOCCOC(=O)C1=C(COC(N)=O)NC(C)=C(C(=O)OCCN(C)Cc2ccccc2)C1c1cccc([N+](=O)[O-])c1. The Hall–Kier alpha value is -4.75. The number of dihydropyridines is 1. The van der Waals surface area contributed by atoms with E-state index in [-0.39, 0.29) is 47.9 Å². The number of carbonyl (C=O) groups excluding carboxylic acids is 3. The first-order valence-electron chi connectivity index (χ1n) is 14.1. The first kappa shape index (κ1) is 33.7. The molecule has 0 bridgehead atoms. The molecule has 44 heavy (non-hydrogen) atoms. The Bertz CT molecular complexity index is 1390. The van der Waals surface area contributed by atoms with Gasteiger partial charge in [0, 0.05) is 37.5 Å². The van der Waals surface area contributed by atoms with Crippen molar-refractivity contribution >= 4 is 23.7 Å². The number of amides is 1. The number of likely N-dealkylation sites (N-methyl/N-ethyl adjacent to an activating group) is 1. The molecule has 13 heteroatoms. The van der Waals surface area contributed by atoms with Crippen molar-refractivity contribution in [3.63, 3.8) is 0 Å². The molecule has 0 saturated heterocycles. The number of ether oxygens (including phenoxy) is 4. The van der Waals surface area contributed by atoms with Gasteiger partial charge in [-0.15, -0.1) is 0 Å². The number of benzene rings is 2. The number of nitrogens with zero attached hydrogens (tertiary/aromatic N) is 2. The summed E-state index contributed by atoms with van der Waals surface area (Å²) in [5.74, 6) is -2.72. The average molecular weight is 611 g/mol. The quantitative estimate of drug-likeness (QED) is 0.0936. The zero-order chi connectivity index (χ0) is 32.1. The maximum absolute atomic E-state index is 13.7. The summed E-state index contributed by atoms with van der Waals surface area (Å²) in [4.78, 5) is 51.7. The fourth-order valence-electron chi connectivity index (χ4n) is 4.68. The van der Waals surface area contributed by atoms with E-state index in [4.69, 9.17) is 24.7 Å². The van der Waals surface area contributed by atoms with Crippen LogP contribution in [0.25, 0.3) is 0 Å². The van der Waals surface area contributed by atoms with E-state index in [0.717, 1.165) is 12.0 Å². The van der Waals surface area contributed by atoms with Crippen molar-refractivity contribution in [2.45, 2.75) is 32.7 Å². The minimum absolute atomic E-state index is 0.0382. The third-order valence-electron chi connectivity index (χ3n) is 6.67. The molecule has 0 aromatic heterocycles. The summed E-state index contributed by atoms with van der Waals surface area (Å²) in [6, 6.07) is 15.4. The van der Waals surface area contributed by atoms with Crippen LogP contribution in [-0.4, -0.2) is 74.5 Å². The average Bonchev–Trinajstić information content (AvgIpc) is 2.99. The normalized spacial score (nSPS) is 14.7. The van der Waals surface area contributed by atoms with Gasteiger partial charge in [-0.1, -0.05) is 49.4 Å². The summed E-state index contributed by atoms with van der Waals surface area (Å²) in [7, 11) is 1.89. The highest BCUT2D eigenvalue weighted by Gasteiger charge is 2.40. The second-order valence-electron chi connectivity index (χ2n) is 10.1. The summed E-state index contributed by atoms with van der Waals surface area (Å²) in [5.41, 5.74) is 6.68. The monoisotopic (exact) mass is 610 g/mol. The summed E-state index contributed by atoms with van der Waals surface area (Å²) in [6.07, 6.45) is -0.303. The first-order chi connectivity index (χ1) is 21.1. The number of carbonyl (C=O) groups is 3. The topological polar surface area (TPSA) is 173 Å². The minimum Gasteiger partial charge on any atom is -0.461 e. The lowest BCUT2D eigenvalue weighted by Gasteiger charge is -2.31. The second-order valence-corrected chi connectivity index (χ2v) is 10.1. The molecule has 1 unspecified atom stereocenters. The number of primary amides is 1. The lowest BCUT2D eigenvalue weighted by molar-refractivity contribution is -0.384. The predicted molar refractivity (Wildman–Crippen MR) is 160 cm³/mol. The minimum atomic E-state index is -1.15. The van der Waals surface area contributed by atoms with Crippen LogP contribution in [0.5, 0.6) is 0 Å². The number of nitro benzene ring substituents is 1. The lowest BCUT2D eigenvalue weighted by Crippen LogP contribution is -2.36. The first-order valence-corrected chi connectivity index (χ1v) is 14.1. The largest absolute Gasteiger partial charge is 0.461 e. The molecule has 1 atom stereocenters. The number of nitro groups is 1. The molecule has 236 valence electrons. The molecular formula is C31H38N4O9. The molecule has 1 amide bonds. The molecular weight excluding hydrogens is 572 g/mol. The molecule has 3 rings (SSSR count). The molecule has 2 aromatic carbocycles. The van der Waals surface area contributed by atoms with Gasteiger partial charge in [-0.25, -0.2) is 14.4 Å². The number of nitrogens with two attached hydrogens (primary N) is 1. The van der Waals surface area contributed by atoms with Crippen molar-refractivity contribution < 1.29 is 38.3 Å². The lowest BCUT2D eigenvalue weighted by atomic mass is 9.80. The van der Waals surface area contributed by atoms with Crippen LogP contribution in [0.3, 0.4) is 0 Å². The van der Waals surface area contributed by atoms with Gasteiger partial charge in [-0.05, 0) is 31.5 Å². The van der Waals surface area contributed by atoms with Crippen LogP contribution in [0.4, 0.5) is 10.5 Å². The van der Waals surface area contributed by atoms with Crippen molar-refractivity contribution in [1.82, 2.24) is 10.2 Å². The van der Waals surface area contributed by atoms with E-state index >= 15 is 0 Å². The smallest absolute Gasteiger partial charge is 0.404 e. The van der Waals surface area contributed by atoms with E-state index in [2.05, 4.69) is 5.32 Å². The molecule has 0 saturated carbocycles. The van der Waals surface area contributed by atoms with Crippen molar-refractivity contribution in [2.24, 2.45) is 5.73 Å². The number of hydrogen-bond donors (Lipinski definition) is 2. The number of non-ortho nitro benzene ring substituents is 1. The molecule has 3 N–H and O–H groups in total.